The Bertz CT molecular complexity index is 660. The van der Waals surface area contributed by atoms with Crippen LogP contribution in [0.2, 0.25) is 0 Å². The Hall–Kier alpha value is -0.250. The van der Waals surface area contributed by atoms with E-state index in [0.29, 0.717) is 0 Å². The molecule has 10 N–H and O–H groups in total. The van der Waals surface area contributed by atoms with E-state index in [4.69, 9.17) is 28.8 Å². The summed E-state index contributed by atoms with van der Waals surface area (Å²) in [5.41, 5.74) is -1.26. The number of ether oxygens (including phenoxy) is 5. The zero-order valence-corrected chi connectivity index (χ0v) is 19.5. The first-order valence-corrected chi connectivity index (χ1v) is 11.9. The van der Waals surface area contributed by atoms with Gasteiger partial charge >= 0.3 is 0 Å². The fourth-order valence-corrected chi connectivity index (χ4v) is 5.65. The van der Waals surface area contributed by atoms with Gasteiger partial charge in [-0.2, -0.15) is 0 Å². The molecule has 0 aromatic heterocycles. The standard InChI is InChI=1S/C19H34O15S/c1-30-18-15(10(26)8(24)6(3-21)32-18)33-17-13(29)14(9(25)7(4-22)31-17)34-19-12(28)11(27)16(35-19)5(23)2-20/h5-29H,2-4H2,1H3/t5-,6-,7-,8-,9-,10+,11-,12-,13+,14+,15+,16+,17-,18+,19-/m1/s1. The summed E-state index contributed by atoms with van der Waals surface area (Å²) in [7, 11) is 1.21. The van der Waals surface area contributed by atoms with Crippen molar-refractivity contribution in [2.45, 2.75) is 90.4 Å². The van der Waals surface area contributed by atoms with E-state index in [2.05, 4.69) is 0 Å². The van der Waals surface area contributed by atoms with Crippen LogP contribution in [0.3, 0.4) is 0 Å². The van der Waals surface area contributed by atoms with Gasteiger partial charge in [0.2, 0.25) is 0 Å². The van der Waals surface area contributed by atoms with Gasteiger partial charge in [-0.05, 0) is 0 Å². The highest BCUT2D eigenvalue weighted by molar-refractivity contribution is 8.00. The third-order valence-electron chi connectivity index (χ3n) is 6.28. The van der Waals surface area contributed by atoms with E-state index in [9.17, 15) is 46.0 Å². The first-order chi connectivity index (χ1) is 16.6. The highest BCUT2D eigenvalue weighted by Gasteiger charge is 2.54. The first-order valence-electron chi connectivity index (χ1n) is 11.0. The molecule has 206 valence electrons. The van der Waals surface area contributed by atoms with Crippen LogP contribution in [-0.2, 0) is 23.7 Å². The average Bonchev–Trinajstić information content (AvgIpc) is 3.14. The maximum Gasteiger partial charge on any atom is 0.187 e. The zero-order valence-electron chi connectivity index (χ0n) is 18.7. The van der Waals surface area contributed by atoms with Gasteiger partial charge in [-0.15, -0.1) is 11.8 Å². The number of thioether (sulfide) groups is 1. The van der Waals surface area contributed by atoms with E-state index in [1.165, 1.54) is 7.11 Å². The quantitative estimate of drug-likeness (QED) is 0.132. The Morgan fingerprint density at radius 2 is 1.31 bits per heavy atom. The van der Waals surface area contributed by atoms with Gasteiger partial charge in [0.05, 0.1) is 37.3 Å². The maximum absolute atomic E-state index is 10.9. The molecule has 15 nitrogen and oxygen atoms in total. The smallest absolute Gasteiger partial charge is 0.187 e. The lowest BCUT2D eigenvalue weighted by molar-refractivity contribution is -0.368. The largest absolute Gasteiger partial charge is 0.394 e. The molecule has 3 aliphatic rings. The summed E-state index contributed by atoms with van der Waals surface area (Å²) in [5, 5.41) is 99.5. The summed E-state index contributed by atoms with van der Waals surface area (Å²) in [6, 6.07) is 0. The van der Waals surface area contributed by atoms with E-state index >= 15 is 0 Å². The van der Waals surface area contributed by atoms with Gasteiger partial charge in [0.25, 0.3) is 0 Å². The second-order valence-corrected chi connectivity index (χ2v) is 9.83. The molecule has 0 radical (unpaired) electrons. The molecular weight excluding hydrogens is 500 g/mol. The Morgan fingerprint density at radius 1 is 0.714 bits per heavy atom. The molecule has 0 saturated carbocycles. The summed E-state index contributed by atoms with van der Waals surface area (Å²) in [6.07, 6.45) is -19.5. The fraction of sp³-hybridized carbons (Fsp3) is 1.00. The van der Waals surface area contributed by atoms with Crippen molar-refractivity contribution in [1.82, 2.24) is 0 Å². The zero-order chi connectivity index (χ0) is 26.0. The Balaban J connectivity index is 1.76. The summed E-state index contributed by atoms with van der Waals surface area (Å²) in [4.78, 5) is 0. The molecule has 0 amide bonds. The second-order valence-electron chi connectivity index (χ2n) is 8.55. The van der Waals surface area contributed by atoms with Crippen molar-refractivity contribution in [3.05, 3.63) is 0 Å². The molecule has 3 heterocycles. The van der Waals surface area contributed by atoms with E-state index in [1.807, 2.05) is 0 Å². The van der Waals surface area contributed by atoms with Crippen LogP contribution in [0, 0.1) is 0 Å². The van der Waals surface area contributed by atoms with Gasteiger partial charge < -0.3 is 74.7 Å². The minimum Gasteiger partial charge on any atom is -0.394 e. The van der Waals surface area contributed by atoms with Crippen molar-refractivity contribution in [2.75, 3.05) is 26.9 Å². The van der Waals surface area contributed by atoms with Crippen LogP contribution in [0.1, 0.15) is 0 Å². The molecule has 0 aliphatic carbocycles. The van der Waals surface area contributed by atoms with Crippen LogP contribution >= 0.6 is 11.8 Å². The molecule has 3 rings (SSSR count). The van der Waals surface area contributed by atoms with Crippen LogP contribution in [0.15, 0.2) is 0 Å². The molecule has 0 spiro atoms. The van der Waals surface area contributed by atoms with Gasteiger partial charge in [-0.1, -0.05) is 0 Å². The van der Waals surface area contributed by atoms with Gasteiger partial charge in [0.15, 0.2) is 12.6 Å². The van der Waals surface area contributed by atoms with Crippen molar-refractivity contribution in [3.8, 4) is 0 Å². The minimum atomic E-state index is -1.78. The molecule has 0 unspecified atom stereocenters. The topological polar surface area (TPSA) is 248 Å². The number of rotatable bonds is 9. The third kappa shape index (κ3) is 5.93. The second kappa shape index (κ2) is 12.5. The van der Waals surface area contributed by atoms with Gasteiger partial charge in [-0.25, -0.2) is 0 Å². The molecule has 0 aromatic carbocycles. The monoisotopic (exact) mass is 534 g/mol. The van der Waals surface area contributed by atoms with Crippen LogP contribution in [0.4, 0.5) is 0 Å². The highest BCUT2D eigenvalue weighted by Crippen LogP contribution is 2.40. The van der Waals surface area contributed by atoms with Crippen LogP contribution in [0.25, 0.3) is 0 Å². The Morgan fingerprint density at radius 3 is 1.89 bits per heavy atom. The van der Waals surface area contributed by atoms with Gasteiger partial charge in [-0.3, -0.25) is 0 Å². The van der Waals surface area contributed by atoms with Crippen molar-refractivity contribution in [1.29, 1.82) is 0 Å². The van der Waals surface area contributed by atoms with E-state index in [-0.39, 0.29) is 0 Å². The van der Waals surface area contributed by atoms with E-state index < -0.39 is 110 Å². The normalized spacial score (nSPS) is 49.8. The van der Waals surface area contributed by atoms with E-state index in [1.54, 1.807) is 0 Å². The molecule has 15 atom stereocenters. The molecule has 0 aromatic rings. The SMILES string of the molecule is CO[C@H]1O[C@H](CO)[C@@H](O)[C@H](O)[C@@H]1O[C@H]1O[C@H](CO)[C@@H](O)[C@H](O[C@@H]2S[C@@H]([C@H](O)CO)[C@H](O)[C@H]2O)[C@@H]1O. The van der Waals surface area contributed by atoms with Crippen molar-refractivity contribution in [2.24, 2.45) is 0 Å². The van der Waals surface area contributed by atoms with Crippen molar-refractivity contribution < 1.29 is 74.7 Å². The Kier molecular flexibility index (Phi) is 10.5. The summed E-state index contributed by atoms with van der Waals surface area (Å²) in [5.74, 6) is 0. The number of aliphatic hydroxyl groups is 10. The molecule has 3 saturated heterocycles. The maximum atomic E-state index is 10.9. The van der Waals surface area contributed by atoms with E-state index in [0.717, 1.165) is 11.8 Å². The van der Waals surface area contributed by atoms with Gasteiger partial charge in [0.1, 0.15) is 60.4 Å². The molecule has 16 heteroatoms. The molecule has 3 fully saturated rings. The van der Waals surface area contributed by atoms with Crippen LogP contribution < -0.4 is 0 Å². The lowest BCUT2D eigenvalue weighted by atomic mass is 9.97. The lowest BCUT2D eigenvalue weighted by Crippen LogP contribution is -2.65. The molecule has 3 aliphatic heterocycles. The predicted molar refractivity (Wildman–Crippen MR) is 113 cm³/mol. The highest BCUT2D eigenvalue weighted by atomic mass is 32.2. The summed E-state index contributed by atoms with van der Waals surface area (Å²) < 4.78 is 27.1. The van der Waals surface area contributed by atoms with Crippen LogP contribution in [0.5, 0.6) is 0 Å². The number of aliphatic hydroxyl groups excluding tert-OH is 10. The molecular formula is C19H34O15S. The third-order valence-corrected chi connectivity index (χ3v) is 7.85. The van der Waals surface area contributed by atoms with Crippen molar-refractivity contribution in [3.63, 3.8) is 0 Å². The first kappa shape index (κ1) is 29.3. The van der Waals surface area contributed by atoms with Crippen molar-refractivity contribution >= 4 is 11.8 Å². The fourth-order valence-electron chi connectivity index (χ4n) is 4.23. The number of methoxy groups -OCH3 is 1. The molecule has 35 heavy (non-hydrogen) atoms. The summed E-state index contributed by atoms with van der Waals surface area (Å²) >= 11 is 0.775. The van der Waals surface area contributed by atoms with Gasteiger partial charge in [0, 0.05) is 7.11 Å². The average molecular weight is 535 g/mol. The lowest BCUT2D eigenvalue weighted by Gasteiger charge is -2.46. The minimum absolute atomic E-state index is 0.624. The molecule has 0 bridgehead atoms. The predicted octanol–water partition coefficient (Wildman–Crippen LogP) is -6.20. The number of hydrogen-bond acceptors (Lipinski definition) is 16. The summed E-state index contributed by atoms with van der Waals surface area (Å²) in [6.45, 7) is -2.05. The number of hydrogen-bond donors (Lipinski definition) is 10. The Labute approximate surface area is 204 Å². The van der Waals surface area contributed by atoms with Crippen LogP contribution in [-0.4, -0.2) is 168 Å².